The molecule has 0 spiro atoms. The summed E-state index contributed by atoms with van der Waals surface area (Å²) in [5.41, 5.74) is -1.42. The number of aliphatic hydroxyl groups is 13. The Bertz CT molecular complexity index is 2010. The largest absolute Gasteiger partial charge is 0.396 e. The molecule has 22 nitrogen and oxygen atoms in total. The molecule has 0 aromatic rings. The number of allylic oxidation sites excluding steroid dienone is 2. The number of ether oxygens (including phenoxy) is 8. The lowest BCUT2D eigenvalue weighted by Gasteiger charge is -2.72. The summed E-state index contributed by atoms with van der Waals surface area (Å²) in [4.78, 5) is 12.5. The molecule has 0 radical (unpaired) electrons. The first-order chi connectivity index (χ1) is 34.8. The van der Waals surface area contributed by atoms with E-state index >= 15 is 0 Å². The highest BCUT2D eigenvalue weighted by Gasteiger charge is 2.70. The van der Waals surface area contributed by atoms with E-state index in [2.05, 4.69) is 40.7 Å². The van der Waals surface area contributed by atoms with Crippen LogP contribution in [0.5, 0.6) is 0 Å². The molecule has 0 aromatic carbocycles. The van der Waals surface area contributed by atoms with Crippen molar-refractivity contribution in [3.05, 3.63) is 11.6 Å². The topological polar surface area (TPSA) is 354 Å². The lowest BCUT2D eigenvalue weighted by atomic mass is 9.33. The first-order valence-corrected chi connectivity index (χ1v) is 26.8. The van der Waals surface area contributed by atoms with Crippen LogP contribution in [0.4, 0.5) is 0 Å². The molecule has 8 fully saturated rings. The van der Waals surface area contributed by atoms with Crippen LogP contribution in [0.15, 0.2) is 11.6 Å². The molecule has 4 heterocycles. The zero-order valence-corrected chi connectivity index (χ0v) is 43.3. The summed E-state index contributed by atoms with van der Waals surface area (Å²) in [6.07, 6.45) is -21.9. The highest BCUT2D eigenvalue weighted by molar-refractivity contribution is 5.59. The predicted molar refractivity (Wildman–Crippen MR) is 252 cm³/mol. The standard InChI is InChI=1S/C52H84O22/c1-47(2)29-9-12-50(5)30(8-7-23-24-15-48(3,21-55)13-14-52(24,22-56)31(58)16-51(23,50)6)49(29,4)11-10-32(47)72-45-41(74-44-40(66)37(63)34(60)26(17-53)69-44)36(62)28(20-68-45)71-46-42(38(64)35(61)27(18-54)70-46)73-43-39(65)33(59)25(57)19-67-43/h7,21,24-46,53-54,56-66H,8-20,22H2,1-6H3/t24-,25+,26+,27+,28-,29-,30+,31+,32-,33-,34+,35+,36-,37-,38-,39+,40+,41+,42+,43-,44-,45-,46-,48-,49-,50+,51+,52+/m0/s1. The number of hydrogen-bond donors (Lipinski definition) is 13. The van der Waals surface area contributed by atoms with Gasteiger partial charge in [0.25, 0.3) is 0 Å². The van der Waals surface area contributed by atoms with Gasteiger partial charge in [-0.15, -0.1) is 0 Å². The van der Waals surface area contributed by atoms with Crippen LogP contribution >= 0.6 is 0 Å². The van der Waals surface area contributed by atoms with Gasteiger partial charge in [0, 0.05) is 10.8 Å². The van der Waals surface area contributed by atoms with Crippen molar-refractivity contribution in [2.45, 2.75) is 222 Å². The van der Waals surface area contributed by atoms with Crippen LogP contribution in [0.3, 0.4) is 0 Å². The number of carbonyl (C=O) groups excluding carboxylic acids is 1. The fourth-order valence-corrected chi connectivity index (χ4v) is 16.1. The maximum absolute atomic E-state index is 12.5. The molecule has 28 atom stereocenters. The first-order valence-electron chi connectivity index (χ1n) is 26.8. The Labute approximate surface area is 431 Å². The number of fused-ring (bicyclic) bond motifs is 7. The van der Waals surface area contributed by atoms with Gasteiger partial charge in [-0.25, -0.2) is 0 Å². The molecule has 22 heteroatoms. The molecule has 0 amide bonds. The number of aliphatic hydroxyl groups excluding tert-OH is 13. The van der Waals surface area contributed by atoms with Crippen LogP contribution in [0.25, 0.3) is 0 Å². The van der Waals surface area contributed by atoms with E-state index in [4.69, 9.17) is 37.9 Å². The second-order valence-corrected chi connectivity index (χ2v) is 25.1. The average Bonchev–Trinajstić information content (AvgIpc) is 3.36. The van der Waals surface area contributed by atoms with Crippen LogP contribution in [0.2, 0.25) is 0 Å². The number of rotatable bonds is 12. The second-order valence-electron chi connectivity index (χ2n) is 25.1. The molecule has 13 N–H and O–H groups in total. The summed E-state index contributed by atoms with van der Waals surface area (Å²) < 4.78 is 48.6. The zero-order chi connectivity index (χ0) is 53.8. The predicted octanol–water partition coefficient (Wildman–Crippen LogP) is -2.13. The normalized spacial score (nSPS) is 55.4. The van der Waals surface area contributed by atoms with E-state index in [1.165, 1.54) is 5.57 Å². The molecule has 74 heavy (non-hydrogen) atoms. The van der Waals surface area contributed by atoms with Crippen LogP contribution in [0, 0.1) is 50.2 Å². The molecule has 5 aliphatic carbocycles. The maximum atomic E-state index is 12.5. The zero-order valence-electron chi connectivity index (χ0n) is 43.3. The second kappa shape index (κ2) is 20.9. The van der Waals surface area contributed by atoms with E-state index in [1.54, 1.807) is 0 Å². The van der Waals surface area contributed by atoms with Crippen LogP contribution in [-0.4, -0.2) is 229 Å². The molecular weight excluding hydrogens is 977 g/mol. The van der Waals surface area contributed by atoms with Gasteiger partial charge in [-0.3, -0.25) is 0 Å². The van der Waals surface area contributed by atoms with Crippen molar-refractivity contribution in [3.63, 3.8) is 0 Å². The van der Waals surface area contributed by atoms with Gasteiger partial charge < -0.3 is 109 Å². The van der Waals surface area contributed by atoms with Gasteiger partial charge in [0.2, 0.25) is 0 Å². The van der Waals surface area contributed by atoms with Gasteiger partial charge in [-0.2, -0.15) is 0 Å². The van der Waals surface area contributed by atoms with E-state index in [1.807, 2.05) is 6.92 Å². The van der Waals surface area contributed by atoms with Crippen molar-refractivity contribution in [2.75, 3.05) is 33.0 Å². The van der Waals surface area contributed by atoms with Crippen molar-refractivity contribution in [2.24, 2.45) is 50.2 Å². The Morgan fingerprint density at radius 1 is 0.608 bits per heavy atom. The Morgan fingerprint density at radius 3 is 1.89 bits per heavy atom. The minimum Gasteiger partial charge on any atom is -0.396 e. The fraction of sp³-hybridized carbons (Fsp3) is 0.942. The van der Waals surface area contributed by atoms with Gasteiger partial charge in [0.1, 0.15) is 91.7 Å². The average molecular weight is 1060 g/mol. The molecular formula is C52H84O22. The summed E-state index contributed by atoms with van der Waals surface area (Å²) >= 11 is 0. The molecule has 0 bridgehead atoms. The maximum Gasteiger partial charge on any atom is 0.187 e. The summed E-state index contributed by atoms with van der Waals surface area (Å²) in [5.74, 6) is 0.145. The van der Waals surface area contributed by atoms with Gasteiger partial charge in [0.15, 0.2) is 25.2 Å². The Morgan fingerprint density at radius 2 is 1.23 bits per heavy atom. The summed E-state index contributed by atoms with van der Waals surface area (Å²) in [6, 6.07) is 0. The van der Waals surface area contributed by atoms with E-state index < -0.39 is 171 Å². The molecule has 4 aliphatic heterocycles. The molecule has 0 unspecified atom stereocenters. The van der Waals surface area contributed by atoms with Gasteiger partial charge in [-0.1, -0.05) is 53.2 Å². The van der Waals surface area contributed by atoms with Crippen molar-refractivity contribution in [1.82, 2.24) is 0 Å². The highest BCUT2D eigenvalue weighted by atomic mass is 16.8. The smallest absolute Gasteiger partial charge is 0.187 e. The summed E-state index contributed by atoms with van der Waals surface area (Å²) in [6.45, 7) is 10.7. The van der Waals surface area contributed by atoms with Crippen molar-refractivity contribution >= 4 is 6.29 Å². The van der Waals surface area contributed by atoms with Crippen molar-refractivity contribution in [3.8, 4) is 0 Å². The van der Waals surface area contributed by atoms with Crippen LogP contribution in [-0.2, 0) is 42.7 Å². The highest BCUT2D eigenvalue weighted by Crippen LogP contribution is 2.76. The summed E-state index contributed by atoms with van der Waals surface area (Å²) in [7, 11) is 0. The van der Waals surface area contributed by atoms with E-state index in [-0.39, 0.29) is 35.2 Å². The van der Waals surface area contributed by atoms with Crippen LogP contribution < -0.4 is 0 Å². The Hall–Kier alpha value is -1.43. The van der Waals surface area contributed by atoms with Crippen LogP contribution in [0.1, 0.15) is 99.3 Å². The number of hydrogen-bond acceptors (Lipinski definition) is 22. The van der Waals surface area contributed by atoms with Gasteiger partial charge in [0.05, 0.1) is 45.2 Å². The molecule has 4 saturated carbocycles. The molecule has 9 rings (SSSR count). The third-order valence-corrected chi connectivity index (χ3v) is 20.9. The molecule has 0 aromatic heterocycles. The molecule has 4 saturated heterocycles. The quantitative estimate of drug-likeness (QED) is 0.0564. The number of carbonyl (C=O) groups is 1. The Balaban J connectivity index is 0.972. The molecule has 9 aliphatic rings. The van der Waals surface area contributed by atoms with E-state index in [0.717, 1.165) is 32.0 Å². The summed E-state index contributed by atoms with van der Waals surface area (Å²) in [5, 5.41) is 141. The van der Waals surface area contributed by atoms with Gasteiger partial charge in [-0.05, 0) is 97.2 Å². The Kier molecular flexibility index (Phi) is 16.2. The fourth-order valence-electron chi connectivity index (χ4n) is 16.1. The molecule has 424 valence electrons. The minimum absolute atomic E-state index is 0.0931. The van der Waals surface area contributed by atoms with Crippen molar-refractivity contribution < 1.29 is 109 Å². The third kappa shape index (κ3) is 9.12. The van der Waals surface area contributed by atoms with Gasteiger partial charge >= 0.3 is 0 Å². The van der Waals surface area contributed by atoms with Crippen molar-refractivity contribution in [1.29, 1.82) is 0 Å². The SMILES string of the molecule is CC1(C)[C@@H](O[C@@H]2OC[C@H](O[C@@H]3O[C@H](CO)[C@@H](O)[C@H](O)[C@H]3O[C@@H]3OC[C@@H](O)[C@H](O)[C@H]3O)[C@H](O)[C@H]2O[C@@H]2O[C@H](CO)[C@@H](O)[C@H](O)[C@H]2O)CC[C@]2(C)[C@H]3CC=C4[C@@H]5C[C@@](C)(C=O)CC[C@]5(CO)[C@H](O)C[C@@]4(C)[C@]3(C)CC[C@@H]12. The lowest BCUT2D eigenvalue weighted by Crippen LogP contribution is -2.68. The number of aldehydes is 1. The third-order valence-electron chi connectivity index (χ3n) is 20.9. The first kappa shape index (κ1) is 57.3. The minimum atomic E-state index is -1.90. The van der Waals surface area contributed by atoms with E-state index in [9.17, 15) is 71.2 Å². The van der Waals surface area contributed by atoms with E-state index in [0.29, 0.717) is 32.1 Å². The monoisotopic (exact) mass is 1060 g/mol. The lowest BCUT2D eigenvalue weighted by molar-refractivity contribution is -0.392.